The second-order valence-corrected chi connectivity index (χ2v) is 12.9. The Hall–Kier alpha value is -6.78. The van der Waals surface area contributed by atoms with Crippen molar-refractivity contribution in [2.24, 2.45) is 0 Å². The fourth-order valence-corrected chi connectivity index (χ4v) is 7.79. The molecule has 0 radical (unpaired) electrons. The highest BCUT2D eigenvalue weighted by Crippen LogP contribution is 2.62. The Labute approximate surface area is 296 Å². The molecule has 0 saturated heterocycles. The number of fused-ring (bicyclic) bond motifs is 6. The van der Waals surface area contributed by atoms with E-state index in [1.54, 1.807) is 0 Å². The predicted molar refractivity (Wildman–Crippen MR) is 202 cm³/mol. The summed E-state index contributed by atoms with van der Waals surface area (Å²) in [5.74, 6) is 3.29. The zero-order chi connectivity index (χ0) is 33.8. The average molecular weight is 655 g/mol. The lowest BCUT2D eigenvalue weighted by molar-refractivity contribution is 0.360. The van der Waals surface area contributed by atoms with Gasteiger partial charge < -0.3 is 9.47 Å². The lowest BCUT2D eigenvalue weighted by atomic mass is 9.68. The fraction of sp³-hybridized carbons (Fsp3) is 0.0213. The molecular weight excluding hydrogens is 625 g/mol. The zero-order valence-electron chi connectivity index (χ0n) is 27.5. The molecule has 0 bridgehead atoms. The Morgan fingerprint density at radius 1 is 0.392 bits per heavy atom. The maximum absolute atomic E-state index is 6.85. The summed E-state index contributed by atoms with van der Waals surface area (Å²) in [6, 6.07) is 62.9. The number of rotatable bonds is 5. The van der Waals surface area contributed by atoms with Crippen molar-refractivity contribution in [3.05, 3.63) is 204 Å². The molecule has 240 valence electrons. The summed E-state index contributed by atoms with van der Waals surface area (Å²) in [5, 5.41) is 0. The van der Waals surface area contributed by atoms with Crippen LogP contribution >= 0.6 is 0 Å². The Morgan fingerprint density at radius 2 is 0.941 bits per heavy atom. The molecule has 7 aromatic carbocycles. The van der Waals surface area contributed by atoms with E-state index in [9.17, 15) is 0 Å². The minimum atomic E-state index is -0.519. The van der Waals surface area contributed by atoms with E-state index in [2.05, 4.69) is 121 Å². The summed E-state index contributed by atoms with van der Waals surface area (Å²) in [6.45, 7) is 0. The standard InChI is InChI=1S/C47H30N2O2/c1-5-15-31(16-6-1)39-30-40(32-17-7-2-8-18-32)49-46(48-39)33-25-27-41-43(29-33)50-42-28-26-38-44(45(42)51-41)36-23-13-14-24-37(36)47(38,34-19-9-3-10-20-34)35-21-11-4-12-22-35/h1-30H. The summed E-state index contributed by atoms with van der Waals surface area (Å²) < 4.78 is 13.6. The molecule has 0 amide bonds. The van der Waals surface area contributed by atoms with E-state index in [-0.39, 0.29) is 0 Å². The van der Waals surface area contributed by atoms with Crippen LogP contribution in [0.3, 0.4) is 0 Å². The van der Waals surface area contributed by atoms with Crippen LogP contribution in [0.25, 0.3) is 45.0 Å². The second-order valence-electron chi connectivity index (χ2n) is 12.9. The van der Waals surface area contributed by atoms with Crippen LogP contribution in [-0.4, -0.2) is 9.97 Å². The first kappa shape index (κ1) is 29.2. The molecule has 2 aliphatic rings. The highest BCUT2D eigenvalue weighted by molar-refractivity contribution is 5.92. The molecule has 2 heterocycles. The van der Waals surface area contributed by atoms with Crippen LogP contribution in [0.2, 0.25) is 0 Å². The average Bonchev–Trinajstić information content (AvgIpc) is 3.52. The van der Waals surface area contributed by atoms with Gasteiger partial charge in [0.25, 0.3) is 0 Å². The Balaban J connectivity index is 1.10. The van der Waals surface area contributed by atoms with Crippen molar-refractivity contribution >= 4 is 0 Å². The molecule has 1 aliphatic carbocycles. The van der Waals surface area contributed by atoms with Gasteiger partial charge in [-0.1, -0.05) is 152 Å². The van der Waals surface area contributed by atoms with E-state index in [4.69, 9.17) is 19.4 Å². The fourth-order valence-electron chi connectivity index (χ4n) is 7.79. The maximum atomic E-state index is 6.85. The van der Waals surface area contributed by atoms with Crippen molar-refractivity contribution < 1.29 is 9.47 Å². The van der Waals surface area contributed by atoms with Gasteiger partial charge in [-0.3, -0.25) is 0 Å². The molecule has 0 atom stereocenters. The van der Waals surface area contributed by atoms with Crippen LogP contribution < -0.4 is 9.47 Å². The molecule has 4 heteroatoms. The van der Waals surface area contributed by atoms with Gasteiger partial charge in [0.15, 0.2) is 28.8 Å². The van der Waals surface area contributed by atoms with Gasteiger partial charge >= 0.3 is 0 Å². The molecule has 0 saturated carbocycles. The van der Waals surface area contributed by atoms with Crippen molar-refractivity contribution in [2.75, 3.05) is 0 Å². The molecule has 1 aromatic heterocycles. The van der Waals surface area contributed by atoms with Gasteiger partial charge in [0.2, 0.25) is 0 Å². The summed E-state index contributed by atoms with van der Waals surface area (Å²) in [4.78, 5) is 10.1. The molecule has 10 rings (SSSR count). The van der Waals surface area contributed by atoms with Gasteiger partial charge in [-0.15, -0.1) is 0 Å². The Morgan fingerprint density at radius 3 is 1.57 bits per heavy atom. The van der Waals surface area contributed by atoms with Crippen LogP contribution in [-0.2, 0) is 5.41 Å². The van der Waals surface area contributed by atoms with Crippen LogP contribution in [0, 0.1) is 0 Å². The Kier molecular flexibility index (Phi) is 6.68. The van der Waals surface area contributed by atoms with Gasteiger partial charge in [0.1, 0.15) is 0 Å². The van der Waals surface area contributed by atoms with Gasteiger partial charge in [-0.25, -0.2) is 9.97 Å². The molecule has 51 heavy (non-hydrogen) atoms. The summed E-state index contributed by atoms with van der Waals surface area (Å²) in [7, 11) is 0. The van der Waals surface area contributed by atoms with Crippen molar-refractivity contribution in [1.29, 1.82) is 0 Å². The monoisotopic (exact) mass is 654 g/mol. The normalized spacial score (nSPS) is 13.2. The number of nitrogens with zero attached hydrogens (tertiary/aromatic N) is 2. The summed E-state index contributed by atoms with van der Waals surface area (Å²) in [5.41, 5.74) is 11.1. The number of hydrogen-bond acceptors (Lipinski definition) is 4. The van der Waals surface area contributed by atoms with Gasteiger partial charge in [0.05, 0.1) is 16.8 Å². The number of hydrogen-bond donors (Lipinski definition) is 0. The minimum Gasteiger partial charge on any atom is -0.449 e. The second kappa shape index (κ2) is 11.7. The first-order valence-electron chi connectivity index (χ1n) is 17.2. The lowest BCUT2D eigenvalue weighted by Crippen LogP contribution is -2.28. The zero-order valence-corrected chi connectivity index (χ0v) is 27.5. The summed E-state index contributed by atoms with van der Waals surface area (Å²) in [6.07, 6.45) is 0. The first-order chi connectivity index (χ1) is 25.3. The quantitative estimate of drug-likeness (QED) is 0.185. The third-order valence-corrected chi connectivity index (χ3v) is 10.0. The van der Waals surface area contributed by atoms with Crippen LogP contribution in [0.5, 0.6) is 23.0 Å². The molecule has 0 spiro atoms. The number of aromatic nitrogens is 2. The van der Waals surface area contributed by atoms with E-state index in [0.717, 1.165) is 45.0 Å². The van der Waals surface area contributed by atoms with Crippen molar-refractivity contribution in [3.63, 3.8) is 0 Å². The van der Waals surface area contributed by atoms with Crippen LogP contribution in [0.4, 0.5) is 0 Å². The van der Waals surface area contributed by atoms with Crippen molar-refractivity contribution in [3.8, 4) is 68.0 Å². The van der Waals surface area contributed by atoms with E-state index < -0.39 is 5.41 Å². The first-order valence-corrected chi connectivity index (χ1v) is 17.2. The van der Waals surface area contributed by atoms with E-state index in [1.807, 2.05) is 60.7 Å². The van der Waals surface area contributed by atoms with E-state index in [1.165, 1.54) is 22.3 Å². The minimum absolute atomic E-state index is 0.519. The van der Waals surface area contributed by atoms with Crippen LogP contribution in [0.15, 0.2) is 182 Å². The van der Waals surface area contributed by atoms with Crippen molar-refractivity contribution in [1.82, 2.24) is 9.97 Å². The highest BCUT2D eigenvalue weighted by atomic mass is 16.6. The molecule has 8 aromatic rings. The molecule has 4 nitrogen and oxygen atoms in total. The van der Waals surface area contributed by atoms with E-state index in [0.29, 0.717) is 23.1 Å². The smallest absolute Gasteiger partial charge is 0.178 e. The predicted octanol–water partition coefficient (Wildman–Crippen LogP) is 11.7. The van der Waals surface area contributed by atoms with Crippen molar-refractivity contribution in [2.45, 2.75) is 5.41 Å². The molecular formula is C47H30N2O2. The van der Waals surface area contributed by atoms with Crippen LogP contribution in [0.1, 0.15) is 22.3 Å². The number of benzene rings is 7. The number of ether oxygens (including phenoxy) is 2. The third-order valence-electron chi connectivity index (χ3n) is 10.0. The van der Waals surface area contributed by atoms with Gasteiger partial charge in [0, 0.05) is 22.3 Å². The maximum Gasteiger partial charge on any atom is 0.178 e. The Bertz CT molecular complexity index is 2470. The lowest BCUT2D eigenvalue weighted by Gasteiger charge is -2.34. The summed E-state index contributed by atoms with van der Waals surface area (Å²) >= 11 is 0. The van der Waals surface area contributed by atoms with Gasteiger partial charge in [-0.2, -0.15) is 0 Å². The van der Waals surface area contributed by atoms with E-state index >= 15 is 0 Å². The largest absolute Gasteiger partial charge is 0.449 e. The molecule has 0 unspecified atom stereocenters. The molecule has 0 fully saturated rings. The topological polar surface area (TPSA) is 44.2 Å². The highest BCUT2D eigenvalue weighted by Gasteiger charge is 2.48. The third kappa shape index (κ3) is 4.61. The van der Waals surface area contributed by atoms with Gasteiger partial charge in [-0.05, 0) is 58.1 Å². The molecule has 1 aliphatic heterocycles. The SMILES string of the molecule is c1ccc(-c2cc(-c3ccccc3)nc(-c3ccc4c(c3)Oc3ccc5c(c3O4)-c3ccccc3C5(c3ccccc3)c3ccccc3)n2)cc1. The molecule has 0 N–H and O–H groups in total.